The predicted octanol–water partition coefficient (Wildman–Crippen LogP) is 5.35. The van der Waals surface area contributed by atoms with E-state index in [0.29, 0.717) is 16.2 Å². The van der Waals surface area contributed by atoms with E-state index in [1.165, 1.54) is 4.90 Å². The van der Waals surface area contributed by atoms with Gasteiger partial charge in [-0.3, -0.25) is 14.5 Å². The van der Waals surface area contributed by atoms with Crippen LogP contribution in [0.25, 0.3) is 5.57 Å². The van der Waals surface area contributed by atoms with Crippen LogP contribution in [0.1, 0.15) is 22.3 Å². The Balaban J connectivity index is 1.76. The molecular weight excluding hydrogens is 396 g/mol. The standard InChI is InChI=1S/C25H21ClN2O2/c1-16-8-10-19(11-9-16)22-23(27-21-13-12-20(26)14-17(21)2)25(30)28(24(22)29)15-18-6-4-3-5-7-18/h3-14,27H,15H2,1-2H3. The third-order valence-electron chi connectivity index (χ3n) is 5.14. The predicted molar refractivity (Wildman–Crippen MR) is 120 cm³/mol. The lowest BCUT2D eigenvalue weighted by atomic mass is 10.0. The average molecular weight is 417 g/mol. The molecule has 0 aliphatic carbocycles. The Hall–Kier alpha value is -3.37. The molecule has 0 radical (unpaired) electrons. The molecule has 3 aromatic carbocycles. The van der Waals surface area contributed by atoms with Gasteiger partial charge in [0.15, 0.2) is 0 Å². The van der Waals surface area contributed by atoms with Crippen LogP contribution < -0.4 is 5.32 Å². The zero-order chi connectivity index (χ0) is 21.3. The van der Waals surface area contributed by atoms with Gasteiger partial charge in [0.05, 0.1) is 12.1 Å². The van der Waals surface area contributed by atoms with Crippen molar-refractivity contribution in [2.75, 3.05) is 5.32 Å². The summed E-state index contributed by atoms with van der Waals surface area (Å²) in [5, 5.41) is 3.82. The summed E-state index contributed by atoms with van der Waals surface area (Å²) in [6, 6.07) is 22.5. The van der Waals surface area contributed by atoms with Gasteiger partial charge in [0, 0.05) is 10.7 Å². The molecule has 30 heavy (non-hydrogen) atoms. The number of aryl methyl sites for hydroxylation is 2. The van der Waals surface area contributed by atoms with Gasteiger partial charge in [-0.25, -0.2) is 0 Å². The van der Waals surface area contributed by atoms with E-state index in [1.807, 2.05) is 80.6 Å². The number of nitrogens with one attached hydrogen (secondary N) is 1. The molecule has 1 aliphatic rings. The fourth-order valence-electron chi connectivity index (χ4n) is 3.49. The summed E-state index contributed by atoms with van der Waals surface area (Å²) >= 11 is 6.07. The van der Waals surface area contributed by atoms with E-state index in [-0.39, 0.29) is 24.1 Å². The summed E-state index contributed by atoms with van der Waals surface area (Å²) in [7, 11) is 0. The molecule has 0 fully saturated rings. The van der Waals surface area contributed by atoms with E-state index < -0.39 is 0 Å². The second kappa shape index (κ2) is 8.17. The summed E-state index contributed by atoms with van der Waals surface area (Å²) in [5.41, 5.74) is 4.98. The second-order valence-electron chi connectivity index (χ2n) is 7.38. The van der Waals surface area contributed by atoms with E-state index >= 15 is 0 Å². The number of nitrogens with zero attached hydrogens (tertiary/aromatic N) is 1. The lowest BCUT2D eigenvalue weighted by Crippen LogP contribution is -2.32. The summed E-state index contributed by atoms with van der Waals surface area (Å²) in [5.74, 6) is -0.643. The normalized spacial score (nSPS) is 13.9. The molecule has 0 saturated heterocycles. The fraction of sp³-hybridized carbons (Fsp3) is 0.120. The van der Waals surface area contributed by atoms with Crippen molar-refractivity contribution in [2.45, 2.75) is 20.4 Å². The molecule has 0 saturated carbocycles. The number of anilines is 1. The lowest BCUT2D eigenvalue weighted by molar-refractivity contribution is -0.137. The molecule has 150 valence electrons. The monoisotopic (exact) mass is 416 g/mol. The summed E-state index contributed by atoms with van der Waals surface area (Å²) in [6.45, 7) is 4.11. The van der Waals surface area contributed by atoms with Crippen LogP contribution in [0.15, 0.2) is 78.5 Å². The third kappa shape index (κ3) is 3.87. The fourth-order valence-corrected chi connectivity index (χ4v) is 3.72. The van der Waals surface area contributed by atoms with Crippen molar-refractivity contribution in [3.8, 4) is 0 Å². The average Bonchev–Trinajstić information content (AvgIpc) is 2.96. The lowest BCUT2D eigenvalue weighted by Gasteiger charge is -2.16. The first-order valence-corrected chi connectivity index (χ1v) is 10.1. The Kier molecular flexibility index (Phi) is 5.42. The van der Waals surface area contributed by atoms with Crippen molar-refractivity contribution in [3.05, 3.63) is 106 Å². The Morgan fingerprint density at radius 3 is 2.23 bits per heavy atom. The van der Waals surface area contributed by atoms with Crippen molar-refractivity contribution >= 4 is 34.7 Å². The van der Waals surface area contributed by atoms with Crippen molar-refractivity contribution in [1.82, 2.24) is 4.90 Å². The maximum atomic E-state index is 13.3. The molecule has 1 N–H and O–H groups in total. The molecule has 1 aliphatic heterocycles. The van der Waals surface area contributed by atoms with E-state index in [1.54, 1.807) is 6.07 Å². The van der Waals surface area contributed by atoms with Crippen LogP contribution in [-0.4, -0.2) is 16.7 Å². The van der Waals surface area contributed by atoms with Crippen molar-refractivity contribution in [3.63, 3.8) is 0 Å². The first kappa shape index (κ1) is 19.9. The zero-order valence-corrected chi connectivity index (χ0v) is 17.5. The summed E-state index contributed by atoms with van der Waals surface area (Å²) in [4.78, 5) is 27.9. The topological polar surface area (TPSA) is 49.4 Å². The highest BCUT2D eigenvalue weighted by molar-refractivity contribution is 6.36. The first-order chi connectivity index (χ1) is 14.4. The van der Waals surface area contributed by atoms with Gasteiger partial charge in [-0.05, 0) is 48.7 Å². The quantitative estimate of drug-likeness (QED) is 0.570. The number of carbonyl (C=O) groups is 2. The van der Waals surface area contributed by atoms with Gasteiger partial charge in [-0.15, -0.1) is 0 Å². The Morgan fingerprint density at radius 2 is 1.57 bits per heavy atom. The molecule has 0 unspecified atom stereocenters. The van der Waals surface area contributed by atoms with Gasteiger partial charge < -0.3 is 5.32 Å². The van der Waals surface area contributed by atoms with Gasteiger partial charge in [-0.1, -0.05) is 71.8 Å². The minimum absolute atomic E-state index is 0.221. The van der Waals surface area contributed by atoms with Crippen LogP contribution in [0.2, 0.25) is 5.02 Å². The molecular formula is C25H21ClN2O2. The van der Waals surface area contributed by atoms with E-state index in [0.717, 1.165) is 22.4 Å². The maximum Gasteiger partial charge on any atom is 0.278 e. The number of carbonyl (C=O) groups excluding carboxylic acids is 2. The first-order valence-electron chi connectivity index (χ1n) is 9.68. The highest BCUT2D eigenvalue weighted by Crippen LogP contribution is 2.32. The number of rotatable bonds is 5. The highest BCUT2D eigenvalue weighted by Gasteiger charge is 2.39. The highest BCUT2D eigenvalue weighted by atomic mass is 35.5. The molecule has 4 nitrogen and oxygen atoms in total. The molecule has 0 atom stereocenters. The Labute approximate surface area is 180 Å². The van der Waals surface area contributed by atoms with Crippen LogP contribution in [0.3, 0.4) is 0 Å². The van der Waals surface area contributed by atoms with Gasteiger partial charge in [0.2, 0.25) is 0 Å². The molecule has 0 spiro atoms. The Bertz CT molecular complexity index is 1150. The van der Waals surface area contributed by atoms with Crippen LogP contribution in [0.4, 0.5) is 5.69 Å². The van der Waals surface area contributed by atoms with E-state index in [2.05, 4.69) is 5.32 Å². The third-order valence-corrected chi connectivity index (χ3v) is 5.38. The maximum absolute atomic E-state index is 13.3. The van der Waals surface area contributed by atoms with Crippen LogP contribution in [0, 0.1) is 13.8 Å². The smallest absolute Gasteiger partial charge is 0.278 e. The SMILES string of the molecule is Cc1ccc(C2=C(Nc3ccc(Cl)cc3C)C(=O)N(Cc3ccccc3)C2=O)cc1. The zero-order valence-electron chi connectivity index (χ0n) is 16.8. The molecule has 4 rings (SSSR count). The molecule has 5 heteroatoms. The number of hydrogen-bond acceptors (Lipinski definition) is 3. The Morgan fingerprint density at radius 1 is 0.867 bits per heavy atom. The van der Waals surface area contributed by atoms with E-state index in [9.17, 15) is 9.59 Å². The summed E-state index contributed by atoms with van der Waals surface area (Å²) in [6.07, 6.45) is 0. The number of imide groups is 1. The number of amides is 2. The minimum Gasteiger partial charge on any atom is -0.350 e. The van der Waals surface area contributed by atoms with Crippen molar-refractivity contribution < 1.29 is 9.59 Å². The summed E-state index contributed by atoms with van der Waals surface area (Å²) < 4.78 is 0. The molecule has 0 bridgehead atoms. The number of halogens is 1. The van der Waals surface area contributed by atoms with Crippen LogP contribution >= 0.6 is 11.6 Å². The molecule has 0 aromatic heterocycles. The van der Waals surface area contributed by atoms with Gasteiger partial charge in [-0.2, -0.15) is 0 Å². The number of hydrogen-bond donors (Lipinski definition) is 1. The van der Waals surface area contributed by atoms with Crippen molar-refractivity contribution in [1.29, 1.82) is 0 Å². The molecule has 2 amide bonds. The van der Waals surface area contributed by atoms with Crippen LogP contribution in [-0.2, 0) is 16.1 Å². The number of benzene rings is 3. The van der Waals surface area contributed by atoms with E-state index in [4.69, 9.17) is 11.6 Å². The van der Waals surface area contributed by atoms with Gasteiger partial charge in [0.1, 0.15) is 5.70 Å². The van der Waals surface area contributed by atoms with Gasteiger partial charge >= 0.3 is 0 Å². The van der Waals surface area contributed by atoms with Gasteiger partial charge in [0.25, 0.3) is 11.8 Å². The van der Waals surface area contributed by atoms with Crippen molar-refractivity contribution in [2.24, 2.45) is 0 Å². The largest absolute Gasteiger partial charge is 0.350 e. The second-order valence-corrected chi connectivity index (χ2v) is 7.82. The molecule has 3 aromatic rings. The van der Waals surface area contributed by atoms with Crippen LogP contribution in [0.5, 0.6) is 0 Å². The minimum atomic E-state index is -0.339. The molecule has 1 heterocycles.